The van der Waals surface area contributed by atoms with Crippen molar-refractivity contribution < 1.29 is 17.9 Å². The number of halogens is 3. The minimum Gasteiger partial charge on any atom is -0.396 e. The van der Waals surface area contributed by atoms with Crippen LogP contribution in [0.25, 0.3) is 5.65 Å². The number of likely N-dealkylation sites (tertiary alicyclic amines) is 1. The summed E-state index contributed by atoms with van der Waals surface area (Å²) in [6.45, 7) is 7.69. The third-order valence-corrected chi connectivity index (χ3v) is 8.61. The number of nitrogens with zero attached hydrogens (tertiary/aromatic N) is 5. The second-order valence-corrected chi connectivity index (χ2v) is 11.2. The van der Waals surface area contributed by atoms with E-state index in [0.29, 0.717) is 49.7 Å². The lowest BCUT2D eigenvalue weighted by molar-refractivity contribution is -0.138. The molecule has 210 valence electrons. The summed E-state index contributed by atoms with van der Waals surface area (Å²) in [5.41, 5.74) is 9.55. The maximum atomic E-state index is 13.7. The van der Waals surface area contributed by atoms with Gasteiger partial charge in [0.25, 0.3) is 0 Å². The molecule has 2 aromatic heterocycles. The Balaban J connectivity index is 1.39. The van der Waals surface area contributed by atoms with E-state index >= 15 is 0 Å². The molecule has 3 N–H and O–H groups in total. The van der Waals surface area contributed by atoms with Crippen molar-refractivity contribution in [1.29, 1.82) is 0 Å². The van der Waals surface area contributed by atoms with Crippen LogP contribution in [0.5, 0.6) is 0 Å². The van der Waals surface area contributed by atoms with Crippen molar-refractivity contribution in [3.8, 4) is 0 Å². The number of benzene rings is 1. The van der Waals surface area contributed by atoms with E-state index in [-0.39, 0.29) is 17.5 Å². The predicted octanol–water partition coefficient (Wildman–Crippen LogP) is 3.78. The molecule has 1 spiro atoms. The fraction of sp³-hybridized carbons (Fsp3) is 0.571. The lowest BCUT2D eigenvalue weighted by atomic mass is 9.88. The zero-order chi connectivity index (χ0) is 27.2. The van der Waals surface area contributed by atoms with Gasteiger partial charge in [0.15, 0.2) is 11.5 Å². The van der Waals surface area contributed by atoms with Crippen molar-refractivity contribution in [1.82, 2.24) is 24.8 Å². The Morgan fingerprint density at radius 2 is 1.95 bits per heavy atom. The molecule has 0 aliphatic carbocycles. The molecule has 1 atom stereocenters. The summed E-state index contributed by atoms with van der Waals surface area (Å²) < 4.78 is 48.4. The van der Waals surface area contributed by atoms with Crippen LogP contribution in [0.1, 0.15) is 53.8 Å². The number of hydrogen-bond acceptors (Lipinski definition) is 7. The second-order valence-electron chi connectivity index (χ2n) is 11.2. The van der Waals surface area contributed by atoms with Gasteiger partial charge in [-0.1, -0.05) is 18.6 Å². The van der Waals surface area contributed by atoms with Crippen LogP contribution < -0.4 is 16.0 Å². The van der Waals surface area contributed by atoms with E-state index in [2.05, 4.69) is 15.1 Å². The van der Waals surface area contributed by atoms with Crippen molar-refractivity contribution in [3.63, 3.8) is 0 Å². The second kappa shape index (κ2) is 10.3. The van der Waals surface area contributed by atoms with Crippen LogP contribution in [0, 0.1) is 6.92 Å². The maximum absolute atomic E-state index is 13.7. The monoisotopic (exact) mass is 543 g/mol. The van der Waals surface area contributed by atoms with E-state index in [9.17, 15) is 13.2 Å². The van der Waals surface area contributed by atoms with Crippen LogP contribution in [-0.4, -0.2) is 71.0 Å². The number of ether oxygens (including phenoxy) is 1. The van der Waals surface area contributed by atoms with Crippen LogP contribution in [0.2, 0.25) is 0 Å². The summed E-state index contributed by atoms with van der Waals surface area (Å²) in [4.78, 5) is 9.47. The van der Waals surface area contributed by atoms with Crippen LogP contribution in [0.15, 0.2) is 24.3 Å². The molecule has 0 saturated carbocycles. The number of rotatable bonds is 5. The molecule has 3 aromatic rings. The highest BCUT2D eigenvalue weighted by Gasteiger charge is 2.39. The van der Waals surface area contributed by atoms with E-state index in [1.54, 1.807) is 17.5 Å². The van der Waals surface area contributed by atoms with E-state index in [1.807, 2.05) is 6.07 Å². The number of nitrogens with one attached hydrogen (secondary N) is 1. The molecule has 0 bridgehead atoms. The summed E-state index contributed by atoms with van der Waals surface area (Å²) >= 11 is 0. The smallest absolute Gasteiger partial charge is 0.396 e. The van der Waals surface area contributed by atoms with Crippen LogP contribution >= 0.6 is 0 Å². The topological polar surface area (TPSA) is 84.0 Å². The van der Waals surface area contributed by atoms with Gasteiger partial charge in [-0.2, -0.15) is 13.2 Å². The summed E-state index contributed by atoms with van der Waals surface area (Å²) in [5, 5.41) is 8.68. The highest BCUT2D eigenvalue weighted by molar-refractivity contribution is 5.69. The number of anilines is 2. The summed E-state index contributed by atoms with van der Waals surface area (Å²) in [7, 11) is 0. The standard InChI is InChI=1S/C28H36F3N7O/c1-19-20(5-4-6-21(19)28(29,30)31)15-24-23(17-36-10-8-27(18-36)7-2-3-9-33-27)34-26-22(32)16-25(35-38(24)26)37-11-13-39-14-12-37/h4-6,16,33H,2-3,7-15,17-18,32H2,1H3. The fourth-order valence-electron chi connectivity index (χ4n) is 6.42. The molecule has 0 amide bonds. The van der Waals surface area contributed by atoms with Crippen molar-refractivity contribution in [3.05, 3.63) is 52.3 Å². The van der Waals surface area contributed by atoms with Gasteiger partial charge in [0, 0.05) is 50.7 Å². The predicted molar refractivity (Wildman–Crippen MR) is 144 cm³/mol. The Kier molecular flexibility index (Phi) is 6.93. The number of imidazole rings is 1. The molecular weight excluding hydrogens is 507 g/mol. The molecule has 0 radical (unpaired) electrons. The molecule has 1 unspecified atom stereocenters. The average molecular weight is 544 g/mol. The van der Waals surface area contributed by atoms with Gasteiger partial charge >= 0.3 is 6.18 Å². The Hall–Kier alpha value is -2.89. The highest BCUT2D eigenvalue weighted by atomic mass is 19.4. The zero-order valence-corrected chi connectivity index (χ0v) is 22.4. The third kappa shape index (κ3) is 5.19. The van der Waals surface area contributed by atoms with Gasteiger partial charge in [-0.25, -0.2) is 9.50 Å². The number of aromatic nitrogens is 3. The van der Waals surface area contributed by atoms with Gasteiger partial charge < -0.3 is 20.7 Å². The van der Waals surface area contributed by atoms with E-state index in [1.165, 1.54) is 25.3 Å². The Morgan fingerprint density at radius 3 is 2.69 bits per heavy atom. The number of nitrogens with two attached hydrogens (primary N) is 1. The molecule has 3 aliphatic heterocycles. The Bertz CT molecular complexity index is 1340. The molecule has 3 fully saturated rings. The minimum absolute atomic E-state index is 0.149. The van der Waals surface area contributed by atoms with Crippen molar-refractivity contribution in [2.45, 2.75) is 57.3 Å². The van der Waals surface area contributed by atoms with Gasteiger partial charge in [-0.05, 0) is 49.9 Å². The molecule has 3 saturated heterocycles. The van der Waals surface area contributed by atoms with Crippen LogP contribution in [0.3, 0.4) is 0 Å². The quantitative estimate of drug-likeness (QED) is 0.507. The Morgan fingerprint density at radius 1 is 1.13 bits per heavy atom. The zero-order valence-electron chi connectivity index (χ0n) is 22.4. The number of hydrogen-bond donors (Lipinski definition) is 2. The van der Waals surface area contributed by atoms with Crippen molar-refractivity contribution in [2.24, 2.45) is 0 Å². The van der Waals surface area contributed by atoms with Crippen molar-refractivity contribution >= 4 is 17.2 Å². The number of alkyl halides is 3. The largest absolute Gasteiger partial charge is 0.416 e. The molecule has 5 heterocycles. The molecule has 1 aromatic carbocycles. The van der Waals surface area contributed by atoms with E-state index in [0.717, 1.165) is 49.3 Å². The van der Waals surface area contributed by atoms with Gasteiger partial charge in [-0.3, -0.25) is 4.90 Å². The number of piperidine rings is 1. The molecule has 39 heavy (non-hydrogen) atoms. The van der Waals surface area contributed by atoms with Gasteiger partial charge in [-0.15, -0.1) is 5.10 Å². The number of fused-ring (bicyclic) bond motifs is 1. The van der Waals surface area contributed by atoms with Gasteiger partial charge in [0.05, 0.1) is 35.9 Å². The summed E-state index contributed by atoms with van der Waals surface area (Å²) in [6.07, 6.45) is 0.575. The molecule has 6 rings (SSSR count). The summed E-state index contributed by atoms with van der Waals surface area (Å²) in [6, 6.07) is 6.23. The minimum atomic E-state index is -4.41. The Labute approximate surface area is 226 Å². The molecule has 3 aliphatic rings. The molecular formula is C28H36F3N7O. The first-order chi connectivity index (χ1) is 18.7. The molecule has 11 heteroatoms. The van der Waals surface area contributed by atoms with Crippen LogP contribution in [-0.2, 0) is 23.9 Å². The van der Waals surface area contributed by atoms with Crippen LogP contribution in [0.4, 0.5) is 24.7 Å². The first-order valence-electron chi connectivity index (χ1n) is 13.9. The lowest BCUT2D eigenvalue weighted by Gasteiger charge is -2.34. The highest BCUT2D eigenvalue weighted by Crippen LogP contribution is 2.35. The normalized spacial score (nSPS) is 22.8. The fourth-order valence-corrected chi connectivity index (χ4v) is 6.42. The first kappa shape index (κ1) is 26.3. The van der Waals surface area contributed by atoms with Crippen molar-refractivity contribution in [2.75, 3.05) is 56.6 Å². The van der Waals surface area contributed by atoms with E-state index in [4.69, 9.17) is 20.6 Å². The third-order valence-electron chi connectivity index (χ3n) is 8.61. The first-order valence-corrected chi connectivity index (χ1v) is 13.9. The van der Waals surface area contributed by atoms with Gasteiger partial charge in [0.2, 0.25) is 0 Å². The SMILES string of the molecule is Cc1c(Cc2c(CN3CCC4(CCCCN4)C3)nc3c(N)cc(N4CCOCC4)nn23)cccc1C(F)(F)F. The summed E-state index contributed by atoms with van der Waals surface area (Å²) in [5.74, 6) is 0.723. The van der Waals surface area contributed by atoms with E-state index < -0.39 is 11.7 Å². The number of morpholine rings is 1. The lowest BCUT2D eigenvalue weighted by Crippen LogP contribution is -2.50. The van der Waals surface area contributed by atoms with Gasteiger partial charge in [0.1, 0.15) is 0 Å². The average Bonchev–Trinajstić information content (AvgIpc) is 3.46. The maximum Gasteiger partial charge on any atom is 0.416 e. The number of nitrogen functional groups attached to an aromatic ring is 1. The molecule has 8 nitrogen and oxygen atoms in total.